The predicted octanol–water partition coefficient (Wildman–Crippen LogP) is 5.55. The van der Waals surface area contributed by atoms with Crippen LogP contribution in [0.2, 0.25) is 0 Å². The first-order valence-corrected chi connectivity index (χ1v) is 13.8. The van der Waals surface area contributed by atoms with Crippen molar-refractivity contribution in [2.24, 2.45) is 45.8 Å². The Balaban J connectivity index is 1.30. The molecule has 0 bridgehead atoms. The average Bonchev–Trinajstić information content (AvgIpc) is 3.54. The van der Waals surface area contributed by atoms with Crippen LogP contribution in [-0.4, -0.2) is 51.1 Å². The molecule has 0 N–H and O–H groups in total. The Bertz CT molecular complexity index is 888. The smallest absolute Gasteiger partial charge is 0.438 e. The van der Waals surface area contributed by atoms with Gasteiger partial charge in [-0.2, -0.15) is 0 Å². The van der Waals surface area contributed by atoms with Crippen molar-refractivity contribution in [3.05, 3.63) is 18.1 Å². The van der Waals surface area contributed by atoms with Gasteiger partial charge in [-0.25, -0.2) is 4.79 Å². The normalized spacial score (nSPS) is 49.0. The highest BCUT2D eigenvalue weighted by Gasteiger charge is 2.68. The summed E-state index contributed by atoms with van der Waals surface area (Å²) in [5.74, 6) is 2.09. The molecule has 1 unspecified atom stereocenters. The molecule has 0 aromatic carbocycles. The lowest BCUT2D eigenvalue weighted by Gasteiger charge is -2.58. The number of methoxy groups -OCH3 is 1. The predicted molar refractivity (Wildman–Crippen MR) is 130 cm³/mol. The van der Waals surface area contributed by atoms with Crippen molar-refractivity contribution in [2.45, 2.75) is 91.3 Å². The third-order valence-electron chi connectivity index (χ3n) is 11.0. The summed E-state index contributed by atoms with van der Waals surface area (Å²) in [6.07, 6.45) is 9.79. The van der Waals surface area contributed by atoms with E-state index in [2.05, 4.69) is 47.1 Å². The van der Waals surface area contributed by atoms with E-state index in [9.17, 15) is 4.79 Å². The second-order valence-electron chi connectivity index (χ2n) is 13.5. The number of rotatable bonds is 3. The molecule has 35 heavy (non-hydrogen) atoms. The van der Waals surface area contributed by atoms with Crippen LogP contribution in [0.25, 0.3) is 0 Å². The van der Waals surface area contributed by atoms with E-state index in [1.54, 1.807) is 0 Å². The van der Waals surface area contributed by atoms with Crippen LogP contribution >= 0.6 is 0 Å². The quantitative estimate of drug-likeness (QED) is 0.295. The molecular formula is C29H43O6. The fraction of sp³-hybridized carbons (Fsp3) is 0.862. The first-order valence-electron chi connectivity index (χ1n) is 13.8. The van der Waals surface area contributed by atoms with Crippen LogP contribution in [-0.2, 0) is 23.7 Å². The first kappa shape index (κ1) is 24.2. The van der Waals surface area contributed by atoms with E-state index in [1.165, 1.54) is 25.5 Å². The molecular weight excluding hydrogens is 444 g/mol. The molecule has 2 heterocycles. The number of ether oxygens (including phenoxy) is 5. The summed E-state index contributed by atoms with van der Waals surface area (Å²) in [5.41, 5.74) is 1.68. The molecule has 6 rings (SSSR count). The number of epoxide rings is 1. The van der Waals surface area contributed by atoms with Gasteiger partial charge in [-0.1, -0.05) is 40.2 Å². The van der Waals surface area contributed by atoms with E-state index in [0.717, 1.165) is 32.5 Å². The minimum Gasteiger partial charge on any atom is -0.438 e. The van der Waals surface area contributed by atoms with Gasteiger partial charge in [0.25, 0.3) is 0 Å². The molecule has 4 aliphatic carbocycles. The Labute approximate surface area is 210 Å². The maximum absolute atomic E-state index is 12.3. The summed E-state index contributed by atoms with van der Waals surface area (Å²) in [6, 6.07) is 0. The van der Waals surface area contributed by atoms with Gasteiger partial charge < -0.3 is 23.7 Å². The van der Waals surface area contributed by atoms with E-state index in [4.69, 9.17) is 23.7 Å². The highest BCUT2D eigenvalue weighted by Crippen LogP contribution is 2.69. The van der Waals surface area contributed by atoms with Gasteiger partial charge in [0, 0.05) is 22.7 Å². The van der Waals surface area contributed by atoms with Gasteiger partial charge in [0.15, 0.2) is 6.29 Å². The number of hydrogen-bond donors (Lipinski definition) is 0. The van der Waals surface area contributed by atoms with E-state index in [1.807, 2.05) is 0 Å². The van der Waals surface area contributed by atoms with Crippen molar-refractivity contribution in [1.82, 2.24) is 0 Å². The van der Waals surface area contributed by atoms with Crippen LogP contribution in [0.5, 0.6) is 0 Å². The first-order chi connectivity index (χ1) is 16.6. The molecule has 10 atom stereocenters. The Morgan fingerprint density at radius 2 is 1.83 bits per heavy atom. The third kappa shape index (κ3) is 3.64. The Morgan fingerprint density at radius 1 is 1.09 bits per heavy atom. The molecule has 0 aromatic heterocycles. The van der Waals surface area contributed by atoms with Crippen molar-refractivity contribution in [3.8, 4) is 0 Å². The summed E-state index contributed by atoms with van der Waals surface area (Å²) in [4.78, 5) is 12.3. The van der Waals surface area contributed by atoms with Gasteiger partial charge in [-0.3, -0.25) is 0 Å². The molecule has 195 valence electrons. The third-order valence-corrected chi connectivity index (χ3v) is 11.0. The number of carbonyl (C=O) groups is 1. The molecule has 5 fully saturated rings. The standard InChI is InChI=1S/C29H43O6/c1-16(25-32-14-27(2,3)15-33-25)18-8-9-19-23-20(11-12-28(18,19)4)29(5)17(7-10-21-24(29)34-21)13-22(23)35-26(30)31-6/h10,13,16,18-25H,7-9,11-12,14-15H2,1-6H3/t16?,18-,19+,20+,21+,22-,23+,24+,28-,29+/m1/s1. The Morgan fingerprint density at radius 3 is 2.54 bits per heavy atom. The Kier molecular flexibility index (Phi) is 5.67. The van der Waals surface area contributed by atoms with Crippen molar-refractivity contribution in [3.63, 3.8) is 0 Å². The van der Waals surface area contributed by atoms with Gasteiger partial charge in [-0.15, -0.1) is 0 Å². The van der Waals surface area contributed by atoms with E-state index < -0.39 is 6.16 Å². The maximum atomic E-state index is 12.3. The summed E-state index contributed by atoms with van der Waals surface area (Å²) >= 11 is 0. The lowest BCUT2D eigenvalue weighted by Crippen LogP contribution is -2.57. The number of hydrogen-bond acceptors (Lipinski definition) is 6. The van der Waals surface area contributed by atoms with Crippen LogP contribution in [0.15, 0.2) is 11.6 Å². The van der Waals surface area contributed by atoms with Gasteiger partial charge in [0.2, 0.25) is 0 Å². The lowest BCUT2D eigenvalue weighted by atomic mass is 9.46. The molecule has 0 aromatic rings. The number of fused-ring (bicyclic) bond motifs is 7. The summed E-state index contributed by atoms with van der Waals surface area (Å²) < 4.78 is 29.6. The fourth-order valence-electron chi connectivity index (χ4n) is 9.16. The van der Waals surface area contributed by atoms with E-state index in [-0.39, 0.29) is 40.7 Å². The van der Waals surface area contributed by atoms with Gasteiger partial charge in [-0.05, 0) is 67.8 Å². The second kappa shape index (κ2) is 8.19. The van der Waals surface area contributed by atoms with Crippen molar-refractivity contribution in [1.29, 1.82) is 0 Å². The molecule has 1 radical (unpaired) electrons. The zero-order valence-corrected chi connectivity index (χ0v) is 22.3. The lowest BCUT2D eigenvalue weighted by molar-refractivity contribution is -0.253. The Hall–Kier alpha value is -1.11. The van der Waals surface area contributed by atoms with Crippen molar-refractivity contribution < 1.29 is 28.5 Å². The minimum atomic E-state index is -0.573. The van der Waals surface area contributed by atoms with Crippen LogP contribution in [0.1, 0.15) is 66.7 Å². The molecule has 3 saturated carbocycles. The number of carbonyl (C=O) groups excluding carboxylic acids is 1. The van der Waals surface area contributed by atoms with Crippen LogP contribution in [0, 0.1) is 52.3 Å². The van der Waals surface area contributed by atoms with Crippen LogP contribution in [0.3, 0.4) is 0 Å². The van der Waals surface area contributed by atoms with Crippen LogP contribution < -0.4 is 0 Å². The zero-order chi connectivity index (χ0) is 24.8. The highest BCUT2D eigenvalue weighted by molar-refractivity contribution is 5.60. The molecule has 0 amide bonds. The minimum absolute atomic E-state index is 0.0340. The maximum Gasteiger partial charge on any atom is 0.508 e. The highest BCUT2D eigenvalue weighted by atomic mass is 16.7. The molecule has 6 nitrogen and oxygen atoms in total. The topological polar surface area (TPSA) is 66.5 Å². The monoisotopic (exact) mass is 487 g/mol. The largest absolute Gasteiger partial charge is 0.508 e. The molecule has 2 aliphatic heterocycles. The van der Waals surface area contributed by atoms with Crippen molar-refractivity contribution in [2.75, 3.05) is 20.3 Å². The average molecular weight is 488 g/mol. The molecule has 6 heteroatoms. The van der Waals surface area contributed by atoms with E-state index in [0.29, 0.717) is 29.8 Å². The molecule has 6 aliphatic rings. The summed E-state index contributed by atoms with van der Waals surface area (Å²) in [5, 5.41) is 0. The van der Waals surface area contributed by atoms with Gasteiger partial charge >= 0.3 is 6.16 Å². The van der Waals surface area contributed by atoms with Crippen molar-refractivity contribution >= 4 is 6.16 Å². The summed E-state index contributed by atoms with van der Waals surface area (Å²) in [6.45, 7) is 13.1. The van der Waals surface area contributed by atoms with E-state index >= 15 is 0 Å². The van der Waals surface area contributed by atoms with Gasteiger partial charge in [0.05, 0.1) is 32.5 Å². The second-order valence-corrected chi connectivity index (χ2v) is 13.5. The summed E-state index contributed by atoms with van der Waals surface area (Å²) in [7, 11) is 1.40. The van der Waals surface area contributed by atoms with Crippen LogP contribution in [0.4, 0.5) is 4.79 Å². The SMILES string of the molecule is COC(=O)O[C@@H]1C=C2C[CH][C@@H]3O[C@@H]3[C@]2(C)[C@H]2CC[C@]3(C)[C@@H](C(C)C4OCC(C)(C)CO4)CC[C@H]3[C@H]12. The molecule has 0 spiro atoms. The fourth-order valence-corrected chi connectivity index (χ4v) is 9.16. The van der Waals surface area contributed by atoms with Gasteiger partial charge in [0.1, 0.15) is 6.10 Å². The molecule has 2 saturated heterocycles. The zero-order valence-electron chi connectivity index (χ0n) is 22.3.